The van der Waals surface area contributed by atoms with Crippen LogP contribution >= 0.6 is 0 Å². The van der Waals surface area contributed by atoms with Crippen LogP contribution in [0.5, 0.6) is 0 Å². The van der Waals surface area contributed by atoms with Crippen molar-refractivity contribution in [1.82, 2.24) is 5.32 Å². The molecular formula is C17H26N2O. The number of nitrogens with zero attached hydrogens (tertiary/aromatic N) is 1. The minimum Gasteiger partial charge on any atom is -0.316 e. The highest BCUT2D eigenvalue weighted by molar-refractivity contribution is 5.98. The Morgan fingerprint density at radius 2 is 2.10 bits per heavy atom. The lowest BCUT2D eigenvalue weighted by atomic mass is 9.75. The summed E-state index contributed by atoms with van der Waals surface area (Å²) in [5.41, 5.74) is 1.96. The average molecular weight is 274 g/mol. The summed E-state index contributed by atoms with van der Waals surface area (Å²) in [7, 11) is 0. The van der Waals surface area contributed by atoms with Gasteiger partial charge in [-0.3, -0.25) is 4.79 Å². The number of hydrogen-bond acceptors (Lipinski definition) is 2. The van der Waals surface area contributed by atoms with Gasteiger partial charge in [-0.05, 0) is 44.4 Å². The lowest BCUT2D eigenvalue weighted by molar-refractivity contribution is -0.129. The van der Waals surface area contributed by atoms with Crippen LogP contribution in [0, 0.1) is 18.3 Å². The van der Waals surface area contributed by atoms with Gasteiger partial charge in [0.1, 0.15) is 0 Å². The molecule has 0 saturated carbocycles. The molecule has 0 aromatic heterocycles. The van der Waals surface area contributed by atoms with Gasteiger partial charge in [-0.25, -0.2) is 0 Å². The molecule has 0 radical (unpaired) electrons. The Labute approximate surface area is 122 Å². The van der Waals surface area contributed by atoms with E-state index < -0.39 is 0 Å². The number of carbonyl (C=O) groups excluding carboxylic acids is 1. The number of aryl methyl sites for hydroxylation is 1. The third-order valence-corrected chi connectivity index (χ3v) is 4.69. The smallest absolute Gasteiger partial charge is 0.234 e. The lowest BCUT2D eigenvalue weighted by Gasteiger charge is -2.37. The summed E-state index contributed by atoms with van der Waals surface area (Å²) in [6.07, 6.45) is 0.936. The van der Waals surface area contributed by atoms with Crippen molar-refractivity contribution in [3.8, 4) is 0 Å². The minimum absolute atomic E-state index is 0.252. The van der Waals surface area contributed by atoms with Crippen molar-refractivity contribution in [2.45, 2.75) is 34.1 Å². The Balaban J connectivity index is 2.36. The molecule has 1 heterocycles. The van der Waals surface area contributed by atoms with Crippen molar-refractivity contribution in [2.75, 3.05) is 24.5 Å². The van der Waals surface area contributed by atoms with E-state index in [9.17, 15) is 4.79 Å². The molecule has 1 atom stereocenters. The zero-order chi connectivity index (χ0) is 14.8. The largest absolute Gasteiger partial charge is 0.316 e. The van der Waals surface area contributed by atoms with Crippen molar-refractivity contribution in [3.63, 3.8) is 0 Å². The van der Waals surface area contributed by atoms with Crippen LogP contribution in [0.2, 0.25) is 0 Å². The van der Waals surface area contributed by atoms with Gasteiger partial charge in [-0.15, -0.1) is 0 Å². The van der Waals surface area contributed by atoms with E-state index in [-0.39, 0.29) is 11.3 Å². The standard InChI is InChI=1S/C17H26N2O/c1-5-19(15-9-7-6-8-14(15)4)16(20)17(13(2)3)10-11-18-12-17/h6-9,13,18H,5,10-12H2,1-4H3. The van der Waals surface area contributed by atoms with Crippen molar-refractivity contribution in [3.05, 3.63) is 29.8 Å². The molecule has 2 rings (SSSR count). The second kappa shape index (κ2) is 5.96. The molecule has 0 aliphatic carbocycles. The maximum atomic E-state index is 13.2. The highest BCUT2D eigenvalue weighted by atomic mass is 16.2. The molecule has 0 spiro atoms. The lowest BCUT2D eigenvalue weighted by Crippen LogP contribution is -2.48. The second-order valence-corrected chi connectivity index (χ2v) is 6.07. The fourth-order valence-corrected chi connectivity index (χ4v) is 3.19. The maximum Gasteiger partial charge on any atom is 0.234 e. The van der Waals surface area contributed by atoms with Gasteiger partial charge in [0.15, 0.2) is 0 Å². The molecule has 1 aliphatic heterocycles. The first-order valence-electron chi connectivity index (χ1n) is 7.61. The third kappa shape index (κ3) is 2.47. The topological polar surface area (TPSA) is 32.3 Å². The van der Waals surface area contributed by atoms with Crippen molar-refractivity contribution >= 4 is 11.6 Å². The van der Waals surface area contributed by atoms with Gasteiger partial charge in [0.05, 0.1) is 5.41 Å². The van der Waals surface area contributed by atoms with Crippen molar-refractivity contribution in [1.29, 1.82) is 0 Å². The normalized spacial score (nSPS) is 22.2. The Morgan fingerprint density at radius 1 is 1.40 bits per heavy atom. The summed E-state index contributed by atoms with van der Waals surface area (Å²) in [6.45, 7) is 10.9. The first-order chi connectivity index (χ1) is 9.53. The molecule has 1 amide bonds. The van der Waals surface area contributed by atoms with Gasteiger partial charge in [0.2, 0.25) is 5.91 Å². The van der Waals surface area contributed by atoms with E-state index in [0.29, 0.717) is 5.92 Å². The SMILES string of the molecule is CCN(C(=O)C1(C(C)C)CCNC1)c1ccccc1C. The third-order valence-electron chi connectivity index (χ3n) is 4.69. The fourth-order valence-electron chi connectivity index (χ4n) is 3.19. The van der Waals surface area contributed by atoms with Gasteiger partial charge in [-0.2, -0.15) is 0 Å². The molecule has 1 aromatic rings. The first-order valence-corrected chi connectivity index (χ1v) is 7.61. The molecule has 1 N–H and O–H groups in total. The maximum absolute atomic E-state index is 13.2. The number of carbonyl (C=O) groups is 1. The summed E-state index contributed by atoms with van der Waals surface area (Å²) in [5.74, 6) is 0.623. The quantitative estimate of drug-likeness (QED) is 0.915. The van der Waals surface area contributed by atoms with E-state index in [0.717, 1.165) is 37.3 Å². The van der Waals surface area contributed by atoms with Gasteiger partial charge in [0.25, 0.3) is 0 Å². The van der Waals surface area contributed by atoms with E-state index >= 15 is 0 Å². The number of nitrogens with one attached hydrogen (secondary N) is 1. The van der Waals surface area contributed by atoms with Crippen molar-refractivity contribution < 1.29 is 4.79 Å². The van der Waals surface area contributed by atoms with Gasteiger partial charge in [-0.1, -0.05) is 32.0 Å². The van der Waals surface area contributed by atoms with Crippen LogP contribution in [0.1, 0.15) is 32.8 Å². The zero-order valence-electron chi connectivity index (χ0n) is 13.1. The Hall–Kier alpha value is -1.35. The summed E-state index contributed by atoms with van der Waals surface area (Å²) < 4.78 is 0. The fraction of sp³-hybridized carbons (Fsp3) is 0.588. The summed E-state index contributed by atoms with van der Waals surface area (Å²) >= 11 is 0. The summed E-state index contributed by atoms with van der Waals surface area (Å²) in [6, 6.07) is 8.15. The number of amides is 1. The molecule has 1 aliphatic rings. The van der Waals surface area contributed by atoms with Crippen LogP contribution in [0.15, 0.2) is 24.3 Å². The molecule has 0 bridgehead atoms. The molecule has 1 unspecified atom stereocenters. The molecule has 1 aromatic carbocycles. The van der Waals surface area contributed by atoms with E-state index in [2.05, 4.69) is 39.1 Å². The number of hydrogen-bond donors (Lipinski definition) is 1. The molecule has 1 saturated heterocycles. The van der Waals surface area contributed by atoms with Crippen molar-refractivity contribution in [2.24, 2.45) is 11.3 Å². The van der Waals surface area contributed by atoms with E-state index in [4.69, 9.17) is 0 Å². The molecule has 20 heavy (non-hydrogen) atoms. The first kappa shape index (κ1) is 15.0. The van der Waals surface area contributed by atoms with E-state index in [1.165, 1.54) is 0 Å². The molecule has 110 valence electrons. The predicted octanol–water partition coefficient (Wildman–Crippen LogP) is 2.98. The van der Waals surface area contributed by atoms with Crippen LogP contribution in [0.25, 0.3) is 0 Å². The highest BCUT2D eigenvalue weighted by Gasteiger charge is 2.46. The van der Waals surface area contributed by atoms with E-state index in [1.807, 2.05) is 23.1 Å². The van der Waals surface area contributed by atoms with Crippen LogP contribution in [0.3, 0.4) is 0 Å². The Kier molecular flexibility index (Phi) is 4.48. The number of rotatable bonds is 4. The van der Waals surface area contributed by atoms with Crippen LogP contribution in [-0.2, 0) is 4.79 Å². The second-order valence-electron chi connectivity index (χ2n) is 6.07. The number of para-hydroxylation sites is 1. The van der Waals surface area contributed by atoms with Gasteiger partial charge in [0, 0.05) is 18.8 Å². The average Bonchev–Trinajstić information content (AvgIpc) is 2.92. The van der Waals surface area contributed by atoms with Crippen LogP contribution < -0.4 is 10.2 Å². The summed E-state index contributed by atoms with van der Waals surface area (Å²) in [5, 5.41) is 3.37. The van der Waals surface area contributed by atoms with E-state index in [1.54, 1.807) is 0 Å². The monoisotopic (exact) mass is 274 g/mol. The predicted molar refractivity (Wildman–Crippen MR) is 84.0 cm³/mol. The molecule has 3 heteroatoms. The molecule has 3 nitrogen and oxygen atoms in total. The minimum atomic E-state index is -0.252. The molecule has 1 fully saturated rings. The van der Waals surface area contributed by atoms with Gasteiger partial charge >= 0.3 is 0 Å². The Bertz CT molecular complexity index is 476. The van der Waals surface area contributed by atoms with Crippen LogP contribution in [-0.4, -0.2) is 25.5 Å². The zero-order valence-corrected chi connectivity index (χ0v) is 13.1. The molecular weight excluding hydrogens is 248 g/mol. The van der Waals surface area contributed by atoms with Gasteiger partial charge < -0.3 is 10.2 Å². The number of anilines is 1. The number of benzene rings is 1. The summed E-state index contributed by atoms with van der Waals surface area (Å²) in [4.78, 5) is 15.1. The van der Waals surface area contributed by atoms with Crippen LogP contribution in [0.4, 0.5) is 5.69 Å². The Morgan fingerprint density at radius 3 is 2.60 bits per heavy atom. The highest BCUT2D eigenvalue weighted by Crippen LogP contribution is 2.37.